The van der Waals surface area contributed by atoms with Crippen molar-refractivity contribution in [3.63, 3.8) is 0 Å². The third-order valence-corrected chi connectivity index (χ3v) is 3.63. The van der Waals surface area contributed by atoms with E-state index in [2.05, 4.69) is 0 Å². The first-order valence-corrected chi connectivity index (χ1v) is 7.38. The lowest BCUT2D eigenvalue weighted by Crippen LogP contribution is -2.60. The summed E-state index contributed by atoms with van der Waals surface area (Å²) in [6.45, 7) is 1.96. The maximum absolute atomic E-state index is 12.4. The van der Waals surface area contributed by atoms with E-state index >= 15 is 0 Å². The molecule has 2 rings (SSSR count). The molecule has 0 bridgehead atoms. The summed E-state index contributed by atoms with van der Waals surface area (Å²) < 4.78 is 0. The Morgan fingerprint density at radius 1 is 1.17 bits per heavy atom. The molecule has 0 radical (unpaired) electrons. The number of carbonyl (C=O) groups excluding carboxylic acids is 3. The monoisotopic (exact) mass is 318 g/mol. The van der Waals surface area contributed by atoms with Crippen molar-refractivity contribution in [2.24, 2.45) is 0 Å². The van der Waals surface area contributed by atoms with Crippen molar-refractivity contribution in [2.45, 2.75) is 32.2 Å². The second-order valence-electron chi connectivity index (χ2n) is 5.31. The number of aliphatic carboxylic acids is 1. The molecule has 1 saturated heterocycles. The van der Waals surface area contributed by atoms with Crippen LogP contribution in [-0.2, 0) is 20.8 Å². The van der Waals surface area contributed by atoms with E-state index in [9.17, 15) is 24.3 Å². The Labute approximate surface area is 133 Å². The predicted molar refractivity (Wildman–Crippen MR) is 80.4 cm³/mol. The van der Waals surface area contributed by atoms with Crippen LogP contribution >= 0.6 is 0 Å². The average molecular weight is 318 g/mol. The van der Waals surface area contributed by atoms with Crippen molar-refractivity contribution < 1.29 is 24.3 Å². The SMILES string of the molecule is CCCN1C(=O)CC(=O)N(C(Cc2ccccc2)C(=O)O)C1=O. The third-order valence-electron chi connectivity index (χ3n) is 3.63. The molecule has 0 saturated carbocycles. The zero-order chi connectivity index (χ0) is 17.0. The van der Waals surface area contributed by atoms with Gasteiger partial charge in [-0.2, -0.15) is 0 Å². The average Bonchev–Trinajstić information content (AvgIpc) is 2.51. The summed E-state index contributed by atoms with van der Waals surface area (Å²) in [5.74, 6) is -2.63. The molecule has 23 heavy (non-hydrogen) atoms. The Balaban J connectivity index is 2.29. The molecule has 1 heterocycles. The molecule has 1 aromatic rings. The Morgan fingerprint density at radius 2 is 1.83 bits per heavy atom. The molecular weight excluding hydrogens is 300 g/mol. The molecule has 7 heteroatoms. The van der Waals surface area contributed by atoms with E-state index in [1.165, 1.54) is 0 Å². The highest BCUT2D eigenvalue weighted by Crippen LogP contribution is 2.19. The summed E-state index contributed by atoms with van der Waals surface area (Å²) in [6, 6.07) is 6.56. The van der Waals surface area contributed by atoms with Gasteiger partial charge in [-0.1, -0.05) is 37.3 Å². The van der Waals surface area contributed by atoms with Crippen LogP contribution in [0.3, 0.4) is 0 Å². The third kappa shape index (κ3) is 3.56. The Morgan fingerprint density at radius 3 is 2.39 bits per heavy atom. The molecule has 1 unspecified atom stereocenters. The van der Waals surface area contributed by atoms with Crippen molar-refractivity contribution >= 4 is 23.8 Å². The van der Waals surface area contributed by atoms with Gasteiger partial charge in [0, 0.05) is 13.0 Å². The van der Waals surface area contributed by atoms with Gasteiger partial charge in [0.2, 0.25) is 11.8 Å². The van der Waals surface area contributed by atoms with Gasteiger partial charge in [-0.25, -0.2) is 14.5 Å². The summed E-state index contributed by atoms with van der Waals surface area (Å²) in [5, 5.41) is 9.45. The maximum Gasteiger partial charge on any atom is 0.334 e. The van der Waals surface area contributed by atoms with Crippen molar-refractivity contribution in [1.82, 2.24) is 9.80 Å². The number of rotatable bonds is 6. The summed E-state index contributed by atoms with van der Waals surface area (Å²) in [7, 11) is 0. The molecule has 0 aromatic heterocycles. The number of nitrogens with zero attached hydrogens (tertiary/aromatic N) is 2. The van der Waals surface area contributed by atoms with E-state index in [1.54, 1.807) is 37.3 Å². The van der Waals surface area contributed by atoms with Crippen molar-refractivity contribution in [2.75, 3.05) is 6.54 Å². The molecule has 1 aromatic carbocycles. The van der Waals surface area contributed by atoms with Gasteiger partial charge in [0.1, 0.15) is 12.5 Å². The van der Waals surface area contributed by atoms with Gasteiger partial charge in [0.15, 0.2) is 0 Å². The zero-order valence-corrected chi connectivity index (χ0v) is 12.8. The fourth-order valence-corrected chi connectivity index (χ4v) is 2.53. The van der Waals surface area contributed by atoms with Crippen LogP contribution in [0.25, 0.3) is 0 Å². The highest BCUT2D eigenvalue weighted by Gasteiger charge is 2.43. The van der Waals surface area contributed by atoms with Gasteiger partial charge in [0.25, 0.3) is 0 Å². The number of hydrogen-bond acceptors (Lipinski definition) is 4. The minimum Gasteiger partial charge on any atom is -0.480 e. The predicted octanol–water partition coefficient (Wildman–Crippen LogP) is 1.27. The van der Waals surface area contributed by atoms with Crippen molar-refractivity contribution in [3.05, 3.63) is 35.9 Å². The van der Waals surface area contributed by atoms with E-state index in [0.29, 0.717) is 16.9 Å². The first-order chi connectivity index (χ1) is 11.0. The highest BCUT2D eigenvalue weighted by atomic mass is 16.4. The summed E-state index contributed by atoms with van der Waals surface area (Å²) >= 11 is 0. The summed E-state index contributed by atoms with van der Waals surface area (Å²) in [5.41, 5.74) is 0.694. The quantitative estimate of drug-likeness (QED) is 0.797. The number of imide groups is 2. The standard InChI is InChI=1S/C16H18N2O5/c1-2-8-17-13(19)10-14(20)18(16(17)23)12(15(21)22)9-11-6-4-3-5-7-11/h3-7,12H,2,8-10H2,1H3,(H,21,22). The summed E-state index contributed by atoms with van der Waals surface area (Å²) in [6.07, 6.45) is 0.0576. The molecule has 4 amide bonds. The lowest BCUT2D eigenvalue weighted by atomic mass is 10.0. The summed E-state index contributed by atoms with van der Waals surface area (Å²) in [4.78, 5) is 49.6. The van der Waals surface area contributed by atoms with E-state index in [0.717, 1.165) is 4.90 Å². The van der Waals surface area contributed by atoms with E-state index < -0.39 is 36.3 Å². The van der Waals surface area contributed by atoms with E-state index in [1.807, 2.05) is 0 Å². The molecule has 1 aliphatic heterocycles. The van der Waals surface area contributed by atoms with Crippen LogP contribution in [0.5, 0.6) is 0 Å². The van der Waals surface area contributed by atoms with Gasteiger partial charge < -0.3 is 5.11 Å². The normalized spacial score (nSPS) is 16.7. The number of carbonyl (C=O) groups is 4. The fraction of sp³-hybridized carbons (Fsp3) is 0.375. The number of carboxylic acid groups (broad SMARTS) is 1. The van der Waals surface area contributed by atoms with Gasteiger partial charge in [0.05, 0.1) is 0 Å². The molecule has 0 spiro atoms. The lowest BCUT2D eigenvalue weighted by Gasteiger charge is -2.35. The Bertz CT molecular complexity index is 629. The second kappa shape index (κ2) is 7.04. The largest absolute Gasteiger partial charge is 0.480 e. The number of urea groups is 1. The van der Waals surface area contributed by atoms with Gasteiger partial charge in [-0.15, -0.1) is 0 Å². The van der Waals surface area contributed by atoms with Crippen LogP contribution in [-0.4, -0.2) is 51.3 Å². The number of carboxylic acids is 1. The van der Waals surface area contributed by atoms with Crippen LogP contribution < -0.4 is 0 Å². The first kappa shape index (κ1) is 16.7. The van der Waals surface area contributed by atoms with Gasteiger partial charge >= 0.3 is 12.0 Å². The molecule has 1 fully saturated rings. The minimum atomic E-state index is -1.33. The van der Waals surface area contributed by atoms with E-state index in [4.69, 9.17) is 0 Å². The van der Waals surface area contributed by atoms with Crippen LogP contribution in [0.1, 0.15) is 25.3 Å². The molecule has 122 valence electrons. The van der Waals surface area contributed by atoms with Crippen LogP contribution in [0.15, 0.2) is 30.3 Å². The second-order valence-corrected chi connectivity index (χ2v) is 5.31. The molecular formula is C16H18N2O5. The molecule has 1 atom stereocenters. The number of barbiturate groups is 1. The molecule has 7 nitrogen and oxygen atoms in total. The van der Waals surface area contributed by atoms with Crippen LogP contribution in [0.4, 0.5) is 4.79 Å². The molecule has 1 N–H and O–H groups in total. The zero-order valence-electron chi connectivity index (χ0n) is 12.8. The smallest absolute Gasteiger partial charge is 0.334 e. The number of amides is 4. The molecule has 0 aliphatic carbocycles. The van der Waals surface area contributed by atoms with Crippen molar-refractivity contribution in [3.8, 4) is 0 Å². The van der Waals surface area contributed by atoms with Gasteiger partial charge in [-0.05, 0) is 12.0 Å². The molecule has 1 aliphatic rings. The Hall–Kier alpha value is -2.70. The van der Waals surface area contributed by atoms with E-state index in [-0.39, 0.29) is 13.0 Å². The van der Waals surface area contributed by atoms with Crippen LogP contribution in [0.2, 0.25) is 0 Å². The first-order valence-electron chi connectivity index (χ1n) is 7.38. The highest BCUT2D eigenvalue weighted by molar-refractivity contribution is 6.15. The van der Waals surface area contributed by atoms with Crippen LogP contribution in [0, 0.1) is 0 Å². The minimum absolute atomic E-state index is 0.00179. The number of hydrogen-bond donors (Lipinski definition) is 1. The maximum atomic E-state index is 12.4. The van der Waals surface area contributed by atoms with Crippen molar-refractivity contribution in [1.29, 1.82) is 0 Å². The topological polar surface area (TPSA) is 95.0 Å². The lowest BCUT2D eigenvalue weighted by molar-refractivity contribution is -0.153. The van der Waals surface area contributed by atoms with Gasteiger partial charge in [-0.3, -0.25) is 14.5 Å². The Kier molecular flexibility index (Phi) is 5.10. The fourth-order valence-electron chi connectivity index (χ4n) is 2.53. The number of benzene rings is 1.